The number of ketones is 1. The van der Waals surface area contributed by atoms with Crippen molar-refractivity contribution in [1.29, 1.82) is 0 Å². The number of hydrogen-bond acceptors (Lipinski definition) is 6. The monoisotopic (exact) mass is 448 g/mol. The first-order chi connectivity index (χ1) is 15.9. The van der Waals surface area contributed by atoms with Crippen molar-refractivity contribution in [2.24, 2.45) is 0 Å². The van der Waals surface area contributed by atoms with Gasteiger partial charge in [-0.15, -0.1) is 0 Å². The lowest BCUT2D eigenvalue weighted by molar-refractivity contribution is -0.140. The molecule has 0 bridgehead atoms. The van der Waals surface area contributed by atoms with Crippen molar-refractivity contribution in [2.45, 2.75) is 12.6 Å². The Morgan fingerprint density at radius 3 is 2.30 bits per heavy atom. The second-order valence-corrected chi connectivity index (χ2v) is 7.40. The van der Waals surface area contributed by atoms with E-state index in [1.54, 1.807) is 48.8 Å². The van der Waals surface area contributed by atoms with E-state index in [1.165, 1.54) is 37.3 Å². The van der Waals surface area contributed by atoms with E-state index in [9.17, 15) is 19.1 Å². The minimum Gasteiger partial charge on any atom is -0.507 e. The van der Waals surface area contributed by atoms with E-state index in [0.717, 1.165) is 0 Å². The van der Waals surface area contributed by atoms with E-state index < -0.39 is 23.5 Å². The highest BCUT2D eigenvalue weighted by Gasteiger charge is 2.46. The van der Waals surface area contributed by atoms with Crippen LogP contribution in [0.2, 0.25) is 0 Å². The molecule has 0 spiro atoms. The zero-order valence-corrected chi connectivity index (χ0v) is 18.0. The molecule has 1 amide bonds. The van der Waals surface area contributed by atoms with E-state index >= 15 is 0 Å². The van der Waals surface area contributed by atoms with E-state index in [1.807, 2.05) is 0 Å². The molecule has 1 aliphatic rings. The fourth-order valence-electron chi connectivity index (χ4n) is 3.86. The standard InChI is InChI=1S/C25H21FN2O5/c1-32-19-8-5-17(13-20(19)33-2)23(29)21-22(16-9-11-27-12-10-16)28(25(31)24(21)30)14-15-3-6-18(26)7-4-15/h3-13,22,29H,14H2,1-2H3/b23-21-. The van der Waals surface area contributed by atoms with Crippen LogP contribution < -0.4 is 9.47 Å². The zero-order chi connectivity index (χ0) is 23.5. The molecule has 33 heavy (non-hydrogen) atoms. The molecule has 0 aliphatic carbocycles. The second-order valence-electron chi connectivity index (χ2n) is 7.40. The van der Waals surface area contributed by atoms with Crippen molar-refractivity contribution in [3.8, 4) is 11.5 Å². The number of nitrogens with zero attached hydrogens (tertiary/aromatic N) is 2. The fraction of sp³-hybridized carbons (Fsp3) is 0.160. The third kappa shape index (κ3) is 4.15. The van der Waals surface area contributed by atoms with Crippen LogP contribution in [0.1, 0.15) is 22.7 Å². The average molecular weight is 448 g/mol. The number of carbonyl (C=O) groups is 2. The summed E-state index contributed by atoms with van der Waals surface area (Å²) in [4.78, 5) is 31.5. The molecule has 2 heterocycles. The lowest BCUT2D eigenvalue weighted by Crippen LogP contribution is -2.29. The first kappa shape index (κ1) is 22.0. The van der Waals surface area contributed by atoms with Gasteiger partial charge in [-0.3, -0.25) is 14.6 Å². The number of amides is 1. The van der Waals surface area contributed by atoms with Gasteiger partial charge in [-0.05, 0) is 53.6 Å². The van der Waals surface area contributed by atoms with E-state index in [0.29, 0.717) is 28.2 Å². The SMILES string of the molecule is COc1ccc(/C(O)=C2/C(=O)C(=O)N(Cc3ccc(F)cc3)C2c2ccncc2)cc1OC. The van der Waals surface area contributed by atoms with Gasteiger partial charge in [0.1, 0.15) is 11.6 Å². The molecular formula is C25H21FN2O5. The number of carbonyl (C=O) groups excluding carboxylic acids is 2. The van der Waals surface area contributed by atoms with E-state index in [2.05, 4.69) is 4.98 Å². The summed E-state index contributed by atoms with van der Waals surface area (Å²) in [6.07, 6.45) is 3.09. The maximum Gasteiger partial charge on any atom is 0.295 e. The molecule has 0 saturated carbocycles. The number of benzene rings is 2. The highest BCUT2D eigenvalue weighted by Crippen LogP contribution is 2.41. The molecule has 1 fully saturated rings. The summed E-state index contributed by atoms with van der Waals surface area (Å²) in [5, 5.41) is 11.2. The summed E-state index contributed by atoms with van der Waals surface area (Å²) in [5.74, 6) is -1.49. The van der Waals surface area contributed by atoms with Gasteiger partial charge in [-0.25, -0.2) is 4.39 Å². The molecule has 3 aromatic rings. The molecule has 1 N–H and O–H groups in total. The molecule has 1 aromatic heterocycles. The number of Topliss-reactive ketones (excluding diaryl/α,β-unsaturated/α-hetero) is 1. The van der Waals surface area contributed by atoms with Crippen molar-refractivity contribution in [2.75, 3.05) is 14.2 Å². The van der Waals surface area contributed by atoms with Gasteiger partial charge in [0.15, 0.2) is 11.5 Å². The molecule has 8 heteroatoms. The van der Waals surface area contributed by atoms with Gasteiger partial charge in [-0.1, -0.05) is 12.1 Å². The number of ether oxygens (including phenoxy) is 2. The quantitative estimate of drug-likeness (QED) is 0.350. The van der Waals surface area contributed by atoms with Crippen LogP contribution in [0.5, 0.6) is 11.5 Å². The third-order valence-corrected chi connectivity index (χ3v) is 5.48. The highest BCUT2D eigenvalue weighted by molar-refractivity contribution is 6.46. The Kier molecular flexibility index (Phi) is 6.08. The molecule has 1 atom stereocenters. The molecule has 7 nitrogen and oxygen atoms in total. The third-order valence-electron chi connectivity index (χ3n) is 5.48. The Bertz CT molecular complexity index is 1230. The summed E-state index contributed by atoms with van der Waals surface area (Å²) in [5.41, 5.74) is 1.49. The smallest absolute Gasteiger partial charge is 0.295 e. The maximum absolute atomic E-state index is 13.4. The summed E-state index contributed by atoms with van der Waals surface area (Å²) in [6.45, 7) is 0.0561. The molecule has 4 rings (SSSR count). The molecule has 1 unspecified atom stereocenters. The van der Waals surface area contributed by atoms with Crippen LogP contribution in [-0.4, -0.2) is 40.9 Å². The van der Waals surface area contributed by atoms with Crippen LogP contribution in [0.15, 0.2) is 72.6 Å². The number of hydrogen-bond donors (Lipinski definition) is 1. The topological polar surface area (TPSA) is 89.0 Å². The largest absolute Gasteiger partial charge is 0.507 e. The summed E-state index contributed by atoms with van der Waals surface area (Å²) in [6, 6.07) is 12.9. The number of halogens is 1. The fourth-order valence-corrected chi connectivity index (χ4v) is 3.86. The van der Waals surface area contributed by atoms with Crippen LogP contribution in [0.3, 0.4) is 0 Å². The van der Waals surface area contributed by atoms with Crippen LogP contribution in [0.25, 0.3) is 5.76 Å². The van der Waals surface area contributed by atoms with Crippen molar-refractivity contribution in [3.05, 3.63) is 95.1 Å². The molecule has 0 radical (unpaired) electrons. The number of likely N-dealkylation sites (tertiary alicyclic amines) is 1. The number of pyridine rings is 1. The Morgan fingerprint density at radius 2 is 1.67 bits per heavy atom. The van der Waals surface area contributed by atoms with E-state index in [4.69, 9.17) is 9.47 Å². The number of methoxy groups -OCH3 is 2. The summed E-state index contributed by atoms with van der Waals surface area (Å²) < 4.78 is 23.9. The lowest BCUT2D eigenvalue weighted by atomic mass is 9.95. The average Bonchev–Trinajstić information content (AvgIpc) is 3.10. The Morgan fingerprint density at radius 1 is 1.00 bits per heavy atom. The molecule has 1 saturated heterocycles. The van der Waals surface area contributed by atoms with Crippen molar-refractivity contribution in [3.63, 3.8) is 0 Å². The predicted molar refractivity (Wildman–Crippen MR) is 118 cm³/mol. The number of aliphatic hydroxyl groups is 1. The van der Waals surface area contributed by atoms with Gasteiger partial charge in [0, 0.05) is 24.5 Å². The second kappa shape index (κ2) is 9.12. The predicted octanol–water partition coefficient (Wildman–Crippen LogP) is 3.86. The molecule has 2 aromatic carbocycles. The molecule has 168 valence electrons. The van der Waals surface area contributed by atoms with Crippen molar-refractivity contribution in [1.82, 2.24) is 9.88 Å². The van der Waals surface area contributed by atoms with Gasteiger partial charge >= 0.3 is 0 Å². The Labute approximate surface area is 189 Å². The first-order valence-corrected chi connectivity index (χ1v) is 10.1. The summed E-state index contributed by atoms with van der Waals surface area (Å²) in [7, 11) is 2.95. The Balaban J connectivity index is 1.84. The number of rotatable bonds is 6. The van der Waals surface area contributed by atoms with Gasteiger partial charge in [0.25, 0.3) is 11.7 Å². The zero-order valence-electron chi connectivity index (χ0n) is 18.0. The highest BCUT2D eigenvalue weighted by atomic mass is 19.1. The first-order valence-electron chi connectivity index (χ1n) is 10.1. The van der Waals surface area contributed by atoms with Crippen LogP contribution >= 0.6 is 0 Å². The molecule has 1 aliphatic heterocycles. The minimum absolute atomic E-state index is 0.0551. The normalized spacial score (nSPS) is 17.3. The van der Waals surface area contributed by atoms with Crippen LogP contribution in [0.4, 0.5) is 4.39 Å². The van der Waals surface area contributed by atoms with E-state index in [-0.39, 0.29) is 17.9 Å². The maximum atomic E-state index is 13.4. The van der Waals surface area contributed by atoms with Gasteiger partial charge < -0.3 is 19.5 Å². The Hall–Kier alpha value is -4.20. The van der Waals surface area contributed by atoms with Gasteiger partial charge in [0.05, 0.1) is 25.8 Å². The number of aliphatic hydroxyl groups excluding tert-OH is 1. The van der Waals surface area contributed by atoms with Crippen LogP contribution in [0, 0.1) is 5.82 Å². The van der Waals surface area contributed by atoms with Crippen molar-refractivity contribution < 1.29 is 28.6 Å². The van der Waals surface area contributed by atoms with Gasteiger partial charge in [0.2, 0.25) is 0 Å². The minimum atomic E-state index is -0.855. The van der Waals surface area contributed by atoms with Crippen LogP contribution in [-0.2, 0) is 16.1 Å². The lowest BCUT2D eigenvalue weighted by Gasteiger charge is -2.25. The number of aromatic nitrogens is 1. The van der Waals surface area contributed by atoms with Gasteiger partial charge in [-0.2, -0.15) is 0 Å². The summed E-state index contributed by atoms with van der Waals surface area (Å²) >= 11 is 0. The molecular weight excluding hydrogens is 427 g/mol. The van der Waals surface area contributed by atoms with Crippen molar-refractivity contribution >= 4 is 17.4 Å².